The Hall–Kier alpha value is -0.680. The van der Waals surface area contributed by atoms with Crippen molar-refractivity contribution in [2.45, 2.75) is 12.5 Å². The predicted molar refractivity (Wildman–Crippen MR) is 92.3 cm³/mol. The van der Waals surface area contributed by atoms with Crippen LogP contribution < -0.4 is 0 Å². The van der Waals surface area contributed by atoms with Crippen molar-refractivity contribution in [2.75, 3.05) is 0 Å². The van der Waals surface area contributed by atoms with E-state index >= 15 is 0 Å². The molecule has 0 amide bonds. The molecule has 1 aromatic heterocycles. The molecule has 0 saturated heterocycles. The third-order valence-electron chi connectivity index (χ3n) is 3.30. The molecule has 0 fully saturated rings. The van der Waals surface area contributed by atoms with Crippen molar-refractivity contribution >= 4 is 53.3 Å². The van der Waals surface area contributed by atoms with Crippen LogP contribution in [0.15, 0.2) is 56.8 Å². The molecular formula is C16H12Br2OS. The number of thiophene rings is 1. The average Bonchev–Trinajstić information content (AvgIpc) is 2.85. The molecule has 3 rings (SSSR count). The number of hydrogen-bond acceptors (Lipinski definition) is 2. The summed E-state index contributed by atoms with van der Waals surface area (Å²) in [6.07, 6.45) is 0.148. The summed E-state index contributed by atoms with van der Waals surface area (Å²) in [7, 11) is 0. The van der Waals surface area contributed by atoms with Crippen molar-refractivity contribution in [1.29, 1.82) is 0 Å². The van der Waals surface area contributed by atoms with Gasteiger partial charge in [-0.1, -0.05) is 24.3 Å². The number of halogens is 2. The zero-order valence-corrected chi connectivity index (χ0v) is 14.5. The fourth-order valence-electron chi connectivity index (χ4n) is 2.24. The smallest absolute Gasteiger partial charge is 0.0831 e. The highest BCUT2D eigenvalue weighted by molar-refractivity contribution is 9.13. The lowest BCUT2D eigenvalue weighted by atomic mass is 10.0. The highest BCUT2D eigenvalue weighted by atomic mass is 79.9. The Morgan fingerprint density at radius 3 is 2.65 bits per heavy atom. The number of aliphatic hydroxyl groups is 1. The van der Waals surface area contributed by atoms with Crippen LogP contribution >= 0.6 is 43.2 Å². The van der Waals surface area contributed by atoms with Crippen LogP contribution in [0.5, 0.6) is 0 Å². The summed E-state index contributed by atoms with van der Waals surface area (Å²) in [6, 6.07) is 14.2. The normalized spacial score (nSPS) is 12.8. The minimum Gasteiger partial charge on any atom is -0.388 e. The minimum absolute atomic E-state index is 0.489. The lowest BCUT2D eigenvalue weighted by Crippen LogP contribution is -2.01. The minimum atomic E-state index is -0.489. The van der Waals surface area contributed by atoms with Gasteiger partial charge in [0.15, 0.2) is 0 Å². The van der Waals surface area contributed by atoms with E-state index in [0.29, 0.717) is 6.42 Å². The van der Waals surface area contributed by atoms with Crippen LogP contribution in [0.25, 0.3) is 10.1 Å². The largest absolute Gasteiger partial charge is 0.388 e. The number of hydrogen-bond donors (Lipinski definition) is 1. The van der Waals surface area contributed by atoms with Crippen molar-refractivity contribution < 1.29 is 5.11 Å². The molecular weight excluding hydrogens is 400 g/mol. The molecule has 1 unspecified atom stereocenters. The van der Waals surface area contributed by atoms with Crippen molar-refractivity contribution in [3.8, 4) is 0 Å². The van der Waals surface area contributed by atoms with E-state index in [2.05, 4.69) is 49.4 Å². The number of fused-ring (bicyclic) bond motifs is 1. The molecule has 0 bridgehead atoms. The maximum atomic E-state index is 10.4. The van der Waals surface area contributed by atoms with Gasteiger partial charge in [-0.15, -0.1) is 11.3 Å². The second-order valence-corrected chi connectivity index (χ2v) is 7.27. The Morgan fingerprint density at radius 1 is 1.05 bits per heavy atom. The van der Waals surface area contributed by atoms with E-state index in [4.69, 9.17) is 0 Å². The topological polar surface area (TPSA) is 20.2 Å². The molecule has 0 spiro atoms. The molecule has 1 heterocycles. The van der Waals surface area contributed by atoms with E-state index in [9.17, 15) is 5.11 Å². The summed E-state index contributed by atoms with van der Waals surface area (Å²) in [5.74, 6) is 0. The van der Waals surface area contributed by atoms with Gasteiger partial charge in [-0.25, -0.2) is 0 Å². The lowest BCUT2D eigenvalue weighted by Gasteiger charge is -2.11. The first-order valence-electron chi connectivity index (χ1n) is 6.23. The monoisotopic (exact) mass is 410 g/mol. The summed E-state index contributed by atoms with van der Waals surface area (Å²) in [5.41, 5.74) is 2.13. The number of rotatable bonds is 3. The molecule has 0 aliphatic heterocycles. The van der Waals surface area contributed by atoms with Gasteiger partial charge in [0.25, 0.3) is 0 Å². The molecule has 2 aromatic carbocycles. The number of benzene rings is 2. The third kappa shape index (κ3) is 2.84. The summed E-state index contributed by atoms with van der Waals surface area (Å²) in [6.45, 7) is 0. The van der Waals surface area contributed by atoms with Gasteiger partial charge in [-0.3, -0.25) is 0 Å². The first-order valence-corrected chi connectivity index (χ1v) is 8.70. The first-order chi connectivity index (χ1) is 9.65. The van der Waals surface area contributed by atoms with Gasteiger partial charge in [0.05, 0.1) is 6.10 Å². The maximum absolute atomic E-state index is 10.4. The molecule has 102 valence electrons. The Morgan fingerprint density at radius 2 is 1.85 bits per heavy atom. The van der Waals surface area contributed by atoms with E-state index < -0.39 is 6.10 Å². The predicted octanol–water partition coefficient (Wildman–Crippen LogP) is 5.70. The lowest BCUT2D eigenvalue weighted by molar-refractivity contribution is 0.179. The van der Waals surface area contributed by atoms with Gasteiger partial charge in [-0.05, 0) is 72.0 Å². The molecule has 1 atom stereocenters. The first kappa shape index (κ1) is 14.3. The van der Waals surface area contributed by atoms with Gasteiger partial charge in [-0.2, -0.15) is 0 Å². The molecule has 0 radical (unpaired) electrons. The van der Waals surface area contributed by atoms with Crippen LogP contribution in [0.4, 0.5) is 0 Å². The molecule has 3 aromatic rings. The van der Waals surface area contributed by atoms with Crippen LogP contribution in [-0.2, 0) is 6.42 Å². The van der Waals surface area contributed by atoms with E-state index in [1.807, 2.05) is 30.3 Å². The Kier molecular flexibility index (Phi) is 4.26. The molecule has 0 aliphatic rings. The van der Waals surface area contributed by atoms with Crippen LogP contribution in [-0.4, -0.2) is 5.11 Å². The average molecular weight is 412 g/mol. The Balaban J connectivity index is 1.88. The summed E-state index contributed by atoms with van der Waals surface area (Å²) < 4.78 is 3.23. The zero-order valence-electron chi connectivity index (χ0n) is 10.5. The Bertz CT molecular complexity index is 751. The molecule has 0 aliphatic carbocycles. The summed E-state index contributed by atoms with van der Waals surface area (Å²) in [4.78, 5) is 0. The van der Waals surface area contributed by atoms with Crippen molar-refractivity contribution in [1.82, 2.24) is 0 Å². The van der Waals surface area contributed by atoms with E-state index in [1.54, 1.807) is 11.3 Å². The van der Waals surface area contributed by atoms with Crippen molar-refractivity contribution in [2.24, 2.45) is 0 Å². The van der Waals surface area contributed by atoms with E-state index in [-0.39, 0.29) is 0 Å². The molecule has 1 N–H and O–H groups in total. The quantitative estimate of drug-likeness (QED) is 0.585. The highest BCUT2D eigenvalue weighted by Gasteiger charge is 2.13. The van der Waals surface area contributed by atoms with E-state index in [1.165, 1.54) is 15.6 Å². The van der Waals surface area contributed by atoms with Gasteiger partial charge in [0, 0.05) is 20.1 Å². The molecule has 20 heavy (non-hydrogen) atoms. The highest BCUT2D eigenvalue weighted by Crippen LogP contribution is 2.31. The second-order valence-electron chi connectivity index (χ2n) is 4.65. The van der Waals surface area contributed by atoms with E-state index in [0.717, 1.165) is 14.5 Å². The third-order valence-corrected chi connectivity index (χ3v) is 6.19. The van der Waals surface area contributed by atoms with Crippen LogP contribution in [0, 0.1) is 0 Å². The molecule has 1 nitrogen and oxygen atoms in total. The van der Waals surface area contributed by atoms with Crippen LogP contribution in [0.2, 0.25) is 0 Å². The molecule has 4 heteroatoms. The van der Waals surface area contributed by atoms with Gasteiger partial charge < -0.3 is 5.11 Å². The molecule has 0 saturated carbocycles. The van der Waals surface area contributed by atoms with Gasteiger partial charge in [0.2, 0.25) is 0 Å². The van der Waals surface area contributed by atoms with Crippen molar-refractivity contribution in [3.63, 3.8) is 0 Å². The second kappa shape index (κ2) is 5.98. The fourth-order valence-corrected chi connectivity index (χ4v) is 3.86. The summed E-state index contributed by atoms with van der Waals surface area (Å²) >= 11 is 8.65. The standard InChI is InChI=1S/C16H12Br2OS/c17-13-6-5-10(7-14(13)18)15(19)8-11-9-20-16-4-2-1-3-12(11)16/h1-7,9,15,19H,8H2. The van der Waals surface area contributed by atoms with Gasteiger partial charge in [0.1, 0.15) is 0 Å². The SMILES string of the molecule is OC(Cc1csc2ccccc12)c1ccc(Br)c(Br)c1. The number of aliphatic hydroxyl groups excluding tert-OH is 1. The van der Waals surface area contributed by atoms with Crippen LogP contribution in [0.1, 0.15) is 17.2 Å². The van der Waals surface area contributed by atoms with Crippen molar-refractivity contribution in [3.05, 3.63) is 67.9 Å². The Labute approximate surface area is 138 Å². The maximum Gasteiger partial charge on any atom is 0.0831 e. The fraction of sp³-hybridized carbons (Fsp3) is 0.125. The summed E-state index contributed by atoms with van der Waals surface area (Å²) in [5, 5.41) is 13.8. The van der Waals surface area contributed by atoms with Crippen LogP contribution in [0.3, 0.4) is 0 Å². The van der Waals surface area contributed by atoms with Gasteiger partial charge >= 0.3 is 0 Å². The zero-order chi connectivity index (χ0) is 14.1.